The van der Waals surface area contributed by atoms with Crippen molar-refractivity contribution in [2.24, 2.45) is 7.05 Å². The van der Waals surface area contributed by atoms with Gasteiger partial charge in [0, 0.05) is 12.6 Å². The molecule has 26 heavy (non-hydrogen) atoms. The van der Waals surface area contributed by atoms with Crippen molar-refractivity contribution in [3.63, 3.8) is 0 Å². The van der Waals surface area contributed by atoms with E-state index in [1.807, 2.05) is 24.7 Å². The molecule has 0 saturated carbocycles. The average molecular weight is 349 g/mol. The van der Waals surface area contributed by atoms with Crippen LogP contribution in [0.25, 0.3) is 0 Å². The van der Waals surface area contributed by atoms with Crippen LogP contribution in [-0.4, -0.2) is 25.5 Å². The van der Waals surface area contributed by atoms with Gasteiger partial charge in [-0.15, -0.1) is 0 Å². The monoisotopic (exact) mass is 349 g/mol. The first-order valence-corrected chi connectivity index (χ1v) is 8.98. The van der Waals surface area contributed by atoms with E-state index in [-0.39, 0.29) is 11.9 Å². The maximum absolute atomic E-state index is 12.8. The summed E-state index contributed by atoms with van der Waals surface area (Å²) in [5.41, 5.74) is 4.99. The van der Waals surface area contributed by atoms with E-state index >= 15 is 0 Å². The zero-order valence-corrected chi connectivity index (χ0v) is 15.4. The summed E-state index contributed by atoms with van der Waals surface area (Å²) in [6.07, 6.45) is 5.06. The second kappa shape index (κ2) is 6.44. The molecule has 4 rings (SSSR count). The third-order valence-corrected chi connectivity index (χ3v) is 5.08. The number of benzene rings is 1. The number of carbonyl (C=O) groups is 1. The largest absolute Gasteiger partial charge is 0.305 e. The van der Waals surface area contributed by atoms with E-state index in [2.05, 4.69) is 39.8 Å². The zero-order chi connectivity index (χ0) is 18.3. The van der Waals surface area contributed by atoms with Gasteiger partial charge in [-0.1, -0.05) is 24.3 Å². The number of aryl methyl sites for hydroxylation is 4. The molecule has 0 fully saturated rings. The molecule has 0 unspecified atom stereocenters. The number of nitrogens with one attached hydrogen (secondary N) is 1. The Hall–Kier alpha value is -2.89. The summed E-state index contributed by atoms with van der Waals surface area (Å²) >= 11 is 0. The lowest BCUT2D eigenvalue weighted by Gasteiger charge is -2.27. The third kappa shape index (κ3) is 2.81. The molecular formula is C20H23N5O. The highest BCUT2D eigenvalue weighted by atomic mass is 16.2. The van der Waals surface area contributed by atoms with Gasteiger partial charge in [-0.05, 0) is 50.3 Å². The molecule has 0 spiro atoms. The van der Waals surface area contributed by atoms with Gasteiger partial charge in [0.05, 0.1) is 17.9 Å². The minimum Gasteiger partial charge on any atom is -0.305 e. The molecular weight excluding hydrogens is 326 g/mol. The first-order chi connectivity index (χ1) is 12.5. The van der Waals surface area contributed by atoms with Gasteiger partial charge < -0.3 is 5.32 Å². The van der Waals surface area contributed by atoms with Crippen molar-refractivity contribution >= 4 is 11.7 Å². The maximum atomic E-state index is 12.8. The van der Waals surface area contributed by atoms with E-state index in [4.69, 9.17) is 0 Å². The molecule has 134 valence electrons. The SMILES string of the molecule is Cc1cc(C(=O)Nc2c(C)cnn2[C@@H]2CCCc3ccccc32)n(C)n1. The number of hydrogen-bond acceptors (Lipinski definition) is 3. The summed E-state index contributed by atoms with van der Waals surface area (Å²) in [6, 6.07) is 10.5. The van der Waals surface area contributed by atoms with Crippen molar-refractivity contribution < 1.29 is 4.79 Å². The number of fused-ring (bicyclic) bond motifs is 1. The molecule has 2 heterocycles. The first kappa shape index (κ1) is 16.6. The van der Waals surface area contributed by atoms with Gasteiger partial charge in [-0.25, -0.2) is 4.68 Å². The summed E-state index contributed by atoms with van der Waals surface area (Å²) < 4.78 is 3.57. The molecule has 1 N–H and O–H groups in total. The van der Waals surface area contributed by atoms with E-state index in [1.54, 1.807) is 17.8 Å². The maximum Gasteiger partial charge on any atom is 0.275 e. The standard InChI is InChI=1S/C20H23N5O/c1-13-12-21-25(17-10-6-8-15-7-4-5-9-16(15)17)19(13)22-20(26)18-11-14(2)23-24(18)3/h4-5,7,9,11-12,17H,6,8,10H2,1-3H3,(H,22,26)/t17-/m1/s1. The number of anilines is 1. The van der Waals surface area contributed by atoms with Crippen LogP contribution in [0.3, 0.4) is 0 Å². The molecule has 1 aliphatic carbocycles. The Morgan fingerprint density at radius 3 is 2.85 bits per heavy atom. The van der Waals surface area contributed by atoms with Crippen molar-refractivity contribution in [1.29, 1.82) is 0 Å². The molecule has 1 amide bonds. The van der Waals surface area contributed by atoms with Gasteiger partial charge in [-0.3, -0.25) is 9.48 Å². The first-order valence-electron chi connectivity index (χ1n) is 8.98. The highest BCUT2D eigenvalue weighted by Gasteiger charge is 2.26. The van der Waals surface area contributed by atoms with Gasteiger partial charge >= 0.3 is 0 Å². The van der Waals surface area contributed by atoms with Crippen LogP contribution in [0.15, 0.2) is 36.5 Å². The fourth-order valence-corrected chi connectivity index (χ4v) is 3.82. The number of carbonyl (C=O) groups excluding carboxylic acids is 1. The van der Waals surface area contributed by atoms with Crippen LogP contribution < -0.4 is 5.32 Å². The van der Waals surface area contributed by atoms with Crippen LogP contribution in [0.1, 0.15) is 51.8 Å². The van der Waals surface area contributed by atoms with E-state index < -0.39 is 0 Å². The lowest BCUT2D eigenvalue weighted by Crippen LogP contribution is -2.23. The molecule has 1 atom stereocenters. The molecule has 0 radical (unpaired) electrons. The minimum atomic E-state index is -0.165. The summed E-state index contributed by atoms with van der Waals surface area (Å²) in [5.74, 6) is 0.595. The Morgan fingerprint density at radius 1 is 1.27 bits per heavy atom. The summed E-state index contributed by atoms with van der Waals surface area (Å²) in [7, 11) is 1.78. The Kier molecular flexibility index (Phi) is 4.11. The molecule has 6 heteroatoms. The summed E-state index contributed by atoms with van der Waals surface area (Å²) in [6.45, 7) is 3.85. The Bertz CT molecular complexity index is 968. The summed E-state index contributed by atoms with van der Waals surface area (Å²) in [4.78, 5) is 12.8. The smallest absolute Gasteiger partial charge is 0.275 e. The summed E-state index contributed by atoms with van der Waals surface area (Å²) in [5, 5.41) is 11.9. The zero-order valence-electron chi connectivity index (χ0n) is 15.4. The number of nitrogens with zero attached hydrogens (tertiary/aromatic N) is 4. The highest BCUT2D eigenvalue weighted by molar-refractivity contribution is 6.03. The lowest BCUT2D eigenvalue weighted by atomic mass is 9.88. The van der Waals surface area contributed by atoms with Gasteiger partial charge in [0.1, 0.15) is 11.5 Å². The van der Waals surface area contributed by atoms with Crippen molar-refractivity contribution in [2.45, 2.75) is 39.2 Å². The lowest BCUT2D eigenvalue weighted by molar-refractivity contribution is 0.101. The number of hydrogen-bond donors (Lipinski definition) is 1. The molecule has 1 aliphatic rings. The van der Waals surface area contributed by atoms with Crippen molar-refractivity contribution in [1.82, 2.24) is 19.6 Å². The number of amides is 1. The van der Waals surface area contributed by atoms with Crippen molar-refractivity contribution in [3.8, 4) is 0 Å². The predicted octanol–water partition coefficient (Wildman–Crippen LogP) is 3.41. The predicted molar refractivity (Wildman–Crippen MR) is 100 cm³/mol. The molecule has 3 aromatic rings. The molecule has 0 bridgehead atoms. The van der Waals surface area contributed by atoms with Gasteiger partial charge in [0.2, 0.25) is 0 Å². The molecule has 0 aliphatic heterocycles. The Morgan fingerprint density at radius 2 is 2.08 bits per heavy atom. The van der Waals surface area contributed by atoms with Crippen LogP contribution in [-0.2, 0) is 13.5 Å². The van der Waals surface area contributed by atoms with Gasteiger partial charge in [0.25, 0.3) is 5.91 Å². The minimum absolute atomic E-state index is 0.150. The van der Waals surface area contributed by atoms with Crippen LogP contribution in [0.5, 0.6) is 0 Å². The number of aromatic nitrogens is 4. The fourth-order valence-electron chi connectivity index (χ4n) is 3.82. The second-order valence-electron chi connectivity index (χ2n) is 6.98. The van der Waals surface area contributed by atoms with Crippen LogP contribution in [0, 0.1) is 13.8 Å². The molecule has 1 aromatic carbocycles. The van der Waals surface area contributed by atoms with Crippen molar-refractivity contribution in [2.75, 3.05) is 5.32 Å². The molecule has 2 aromatic heterocycles. The van der Waals surface area contributed by atoms with Gasteiger partial charge in [0.15, 0.2) is 0 Å². The fraction of sp³-hybridized carbons (Fsp3) is 0.350. The normalized spacial score (nSPS) is 16.3. The van der Waals surface area contributed by atoms with Crippen LogP contribution in [0.2, 0.25) is 0 Å². The molecule has 0 saturated heterocycles. The quantitative estimate of drug-likeness (QED) is 0.788. The van der Waals surface area contributed by atoms with E-state index in [0.29, 0.717) is 5.69 Å². The van der Waals surface area contributed by atoms with E-state index in [1.165, 1.54) is 11.1 Å². The van der Waals surface area contributed by atoms with E-state index in [9.17, 15) is 4.79 Å². The Balaban J connectivity index is 1.69. The average Bonchev–Trinajstić information content (AvgIpc) is 3.16. The Labute approximate surface area is 152 Å². The molecule has 6 nitrogen and oxygen atoms in total. The number of rotatable bonds is 3. The second-order valence-corrected chi connectivity index (χ2v) is 6.98. The van der Waals surface area contributed by atoms with Crippen LogP contribution >= 0.6 is 0 Å². The highest BCUT2D eigenvalue weighted by Crippen LogP contribution is 2.35. The van der Waals surface area contributed by atoms with Crippen LogP contribution in [0.4, 0.5) is 5.82 Å². The van der Waals surface area contributed by atoms with Crippen molar-refractivity contribution in [3.05, 3.63) is 64.6 Å². The van der Waals surface area contributed by atoms with Gasteiger partial charge in [-0.2, -0.15) is 10.2 Å². The topological polar surface area (TPSA) is 64.7 Å². The van der Waals surface area contributed by atoms with E-state index in [0.717, 1.165) is 36.3 Å². The third-order valence-electron chi connectivity index (χ3n) is 5.08.